The third-order valence-electron chi connectivity index (χ3n) is 5.12. The Morgan fingerprint density at radius 3 is 2.45 bits per heavy atom. The molecule has 1 atom stereocenters. The lowest BCUT2D eigenvalue weighted by molar-refractivity contribution is -0.132. The van der Waals surface area contributed by atoms with Gasteiger partial charge in [0.1, 0.15) is 4.90 Å². The molecule has 0 saturated carbocycles. The number of fused-ring (bicyclic) bond motifs is 1. The number of carbonyl (C=O) groups is 2. The van der Waals surface area contributed by atoms with Gasteiger partial charge in [-0.1, -0.05) is 36.4 Å². The fraction of sp³-hybridized carbons (Fsp3) is 0.333. The Morgan fingerprint density at radius 2 is 1.76 bits per heavy atom. The molecule has 0 aliphatic carbocycles. The van der Waals surface area contributed by atoms with Crippen LogP contribution in [0.3, 0.4) is 0 Å². The van der Waals surface area contributed by atoms with Gasteiger partial charge >= 0.3 is 0 Å². The van der Waals surface area contributed by atoms with E-state index in [0.29, 0.717) is 6.54 Å². The number of nitrogens with zero attached hydrogens (tertiary/aromatic N) is 2. The van der Waals surface area contributed by atoms with E-state index in [0.717, 1.165) is 21.9 Å². The maximum atomic E-state index is 12.9. The number of nitrogens with one attached hydrogen (secondary N) is 1. The van der Waals surface area contributed by atoms with Crippen molar-refractivity contribution in [3.63, 3.8) is 0 Å². The standard InChI is InChI=1S/C21H25N3O4S/c1-15(25)24-13-12-16-8-4-5-9-17(16)19(24)14-21(26)22-18-10-6-7-11-20(18)29(27,28)23(2)3/h4-11,19H,12-14H2,1-3H3,(H,22,26). The second-order valence-electron chi connectivity index (χ2n) is 7.21. The van der Waals surface area contributed by atoms with Gasteiger partial charge in [0.15, 0.2) is 0 Å². The summed E-state index contributed by atoms with van der Waals surface area (Å²) in [7, 11) is -0.821. The first-order valence-corrected chi connectivity index (χ1v) is 10.8. The summed E-state index contributed by atoms with van der Waals surface area (Å²) < 4.78 is 26.2. The average Bonchev–Trinajstić information content (AvgIpc) is 2.68. The van der Waals surface area contributed by atoms with E-state index in [9.17, 15) is 18.0 Å². The SMILES string of the molecule is CC(=O)N1CCc2ccccc2C1CC(=O)Nc1ccccc1S(=O)(=O)N(C)C. The van der Waals surface area contributed by atoms with Crippen LogP contribution < -0.4 is 5.32 Å². The molecule has 7 nitrogen and oxygen atoms in total. The smallest absolute Gasteiger partial charge is 0.244 e. The number of benzene rings is 2. The number of para-hydroxylation sites is 1. The molecule has 29 heavy (non-hydrogen) atoms. The molecule has 0 fully saturated rings. The van der Waals surface area contributed by atoms with Crippen molar-refractivity contribution in [2.45, 2.75) is 30.7 Å². The summed E-state index contributed by atoms with van der Waals surface area (Å²) in [5, 5.41) is 2.73. The summed E-state index contributed by atoms with van der Waals surface area (Å²) in [6, 6.07) is 13.7. The Balaban J connectivity index is 1.87. The van der Waals surface area contributed by atoms with E-state index in [1.165, 1.54) is 27.1 Å². The normalized spacial score (nSPS) is 16.4. The van der Waals surface area contributed by atoms with Gasteiger partial charge in [-0.3, -0.25) is 9.59 Å². The van der Waals surface area contributed by atoms with E-state index in [2.05, 4.69) is 5.32 Å². The molecule has 8 heteroatoms. The van der Waals surface area contributed by atoms with Gasteiger partial charge in [-0.05, 0) is 29.7 Å². The van der Waals surface area contributed by atoms with Crippen molar-refractivity contribution >= 4 is 27.5 Å². The molecule has 0 aromatic heterocycles. The van der Waals surface area contributed by atoms with Crippen LogP contribution in [0.25, 0.3) is 0 Å². The number of amides is 2. The Morgan fingerprint density at radius 1 is 1.10 bits per heavy atom. The van der Waals surface area contributed by atoms with E-state index >= 15 is 0 Å². The molecule has 0 spiro atoms. The first-order valence-electron chi connectivity index (χ1n) is 9.38. The molecule has 1 N–H and O–H groups in total. The molecule has 1 heterocycles. The van der Waals surface area contributed by atoms with Crippen LogP contribution in [0.1, 0.15) is 30.5 Å². The van der Waals surface area contributed by atoms with Crippen molar-refractivity contribution in [2.75, 3.05) is 26.0 Å². The van der Waals surface area contributed by atoms with Gasteiger partial charge in [0, 0.05) is 27.6 Å². The molecule has 0 radical (unpaired) electrons. The maximum Gasteiger partial charge on any atom is 0.244 e. The summed E-state index contributed by atoms with van der Waals surface area (Å²) >= 11 is 0. The largest absolute Gasteiger partial charge is 0.335 e. The highest BCUT2D eigenvalue weighted by molar-refractivity contribution is 7.89. The van der Waals surface area contributed by atoms with Crippen LogP contribution in [0.15, 0.2) is 53.4 Å². The van der Waals surface area contributed by atoms with E-state index in [1.54, 1.807) is 23.1 Å². The zero-order chi connectivity index (χ0) is 21.2. The average molecular weight is 416 g/mol. The molecular weight excluding hydrogens is 390 g/mol. The molecule has 3 rings (SSSR count). The van der Waals surface area contributed by atoms with Crippen molar-refractivity contribution < 1.29 is 18.0 Å². The van der Waals surface area contributed by atoms with Crippen LogP contribution in [0.4, 0.5) is 5.69 Å². The highest BCUT2D eigenvalue weighted by atomic mass is 32.2. The van der Waals surface area contributed by atoms with Gasteiger partial charge < -0.3 is 10.2 Å². The van der Waals surface area contributed by atoms with Crippen LogP contribution in [-0.4, -0.2) is 50.1 Å². The summed E-state index contributed by atoms with van der Waals surface area (Å²) in [5.41, 5.74) is 2.31. The first-order chi connectivity index (χ1) is 13.7. The Labute approximate surface area is 171 Å². The Kier molecular flexibility index (Phi) is 6.04. The number of hydrogen-bond acceptors (Lipinski definition) is 4. The predicted octanol–water partition coefficient (Wildman–Crippen LogP) is 2.41. The fourth-order valence-corrected chi connectivity index (χ4v) is 4.66. The van der Waals surface area contributed by atoms with Crippen LogP contribution >= 0.6 is 0 Å². The Bertz CT molecular complexity index is 1030. The lowest BCUT2D eigenvalue weighted by Gasteiger charge is -2.36. The van der Waals surface area contributed by atoms with Gasteiger partial charge in [0.25, 0.3) is 0 Å². The molecular formula is C21H25N3O4S. The van der Waals surface area contributed by atoms with Crippen LogP contribution in [0, 0.1) is 0 Å². The first kappa shape index (κ1) is 21.0. The van der Waals surface area contributed by atoms with Gasteiger partial charge in [0.05, 0.1) is 18.2 Å². The summed E-state index contributed by atoms with van der Waals surface area (Å²) in [5.74, 6) is -0.438. The van der Waals surface area contributed by atoms with Gasteiger partial charge in [-0.15, -0.1) is 0 Å². The molecule has 0 bridgehead atoms. The van der Waals surface area contributed by atoms with Crippen LogP contribution in [0.2, 0.25) is 0 Å². The van der Waals surface area contributed by atoms with E-state index < -0.39 is 10.0 Å². The molecule has 1 aliphatic heterocycles. The zero-order valence-electron chi connectivity index (χ0n) is 16.8. The lowest BCUT2D eigenvalue weighted by Crippen LogP contribution is -2.40. The second-order valence-corrected chi connectivity index (χ2v) is 9.33. The van der Waals surface area contributed by atoms with Crippen molar-refractivity contribution in [1.82, 2.24) is 9.21 Å². The predicted molar refractivity (Wildman–Crippen MR) is 111 cm³/mol. The molecule has 2 aromatic rings. The quantitative estimate of drug-likeness (QED) is 0.813. The molecule has 1 unspecified atom stereocenters. The van der Waals surface area contributed by atoms with Crippen LogP contribution in [-0.2, 0) is 26.0 Å². The number of anilines is 1. The highest BCUT2D eigenvalue weighted by Crippen LogP contribution is 2.33. The van der Waals surface area contributed by atoms with Crippen molar-refractivity contribution in [2.24, 2.45) is 0 Å². The van der Waals surface area contributed by atoms with Crippen molar-refractivity contribution in [3.8, 4) is 0 Å². The third-order valence-corrected chi connectivity index (χ3v) is 6.99. The summed E-state index contributed by atoms with van der Waals surface area (Å²) in [6.45, 7) is 2.05. The third kappa shape index (κ3) is 4.33. The minimum atomic E-state index is -3.71. The topological polar surface area (TPSA) is 86.8 Å². The number of rotatable bonds is 5. The fourth-order valence-electron chi connectivity index (χ4n) is 3.62. The molecule has 2 amide bonds. The van der Waals surface area contributed by atoms with E-state index in [-0.39, 0.29) is 34.9 Å². The van der Waals surface area contributed by atoms with Gasteiger partial charge in [0.2, 0.25) is 21.8 Å². The highest BCUT2D eigenvalue weighted by Gasteiger charge is 2.31. The Hall–Kier alpha value is -2.71. The van der Waals surface area contributed by atoms with Gasteiger partial charge in [-0.25, -0.2) is 12.7 Å². The molecule has 1 aliphatic rings. The zero-order valence-corrected chi connectivity index (χ0v) is 17.6. The van der Waals surface area contributed by atoms with Gasteiger partial charge in [-0.2, -0.15) is 0 Å². The van der Waals surface area contributed by atoms with Crippen LogP contribution in [0.5, 0.6) is 0 Å². The minimum absolute atomic E-state index is 0.0332. The summed E-state index contributed by atoms with van der Waals surface area (Å²) in [6.07, 6.45) is 0.796. The summed E-state index contributed by atoms with van der Waals surface area (Å²) in [4.78, 5) is 26.7. The number of hydrogen-bond donors (Lipinski definition) is 1. The van der Waals surface area contributed by atoms with E-state index in [4.69, 9.17) is 0 Å². The van der Waals surface area contributed by atoms with Crippen molar-refractivity contribution in [1.29, 1.82) is 0 Å². The lowest BCUT2D eigenvalue weighted by atomic mass is 9.90. The number of sulfonamides is 1. The molecule has 0 saturated heterocycles. The monoisotopic (exact) mass is 415 g/mol. The maximum absolute atomic E-state index is 12.9. The van der Waals surface area contributed by atoms with E-state index in [1.807, 2.05) is 24.3 Å². The minimum Gasteiger partial charge on any atom is -0.335 e. The van der Waals surface area contributed by atoms with Crippen molar-refractivity contribution in [3.05, 3.63) is 59.7 Å². The molecule has 2 aromatic carbocycles. The molecule has 154 valence electrons. The second kappa shape index (κ2) is 8.34. The number of carbonyl (C=O) groups excluding carboxylic acids is 2.